The van der Waals surface area contributed by atoms with Crippen LogP contribution in [0.25, 0.3) is 0 Å². The molecule has 1 unspecified atom stereocenters. The summed E-state index contributed by atoms with van der Waals surface area (Å²) in [5.74, 6) is -0.0730. The summed E-state index contributed by atoms with van der Waals surface area (Å²) in [5.41, 5.74) is 13.0. The van der Waals surface area contributed by atoms with Crippen LogP contribution in [0.1, 0.15) is 5.56 Å². The standard InChI is InChI=1S/C14H16N4OS2/c1-21(19)13-5-3-2-4-12(13)20-18-9-6-7-11(15)10(8-9)14(16)17/h2-8,18H,15H2,1H3,(H3,16,17). The lowest BCUT2D eigenvalue weighted by molar-refractivity contribution is 0.685. The molecule has 5 nitrogen and oxygen atoms in total. The molecule has 0 saturated carbocycles. The van der Waals surface area contributed by atoms with Gasteiger partial charge in [0.15, 0.2) is 0 Å². The van der Waals surface area contributed by atoms with Gasteiger partial charge in [-0.2, -0.15) is 0 Å². The molecular formula is C14H16N4OS2. The Bertz CT molecular complexity index is 703. The smallest absolute Gasteiger partial charge is 0.124 e. The van der Waals surface area contributed by atoms with E-state index in [0.717, 1.165) is 15.5 Å². The van der Waals surface area contributed by atoms with Gasteiger partial charge in [0.25, 0.3) is 0 Å². The maximum atomic E-state index is 11.7. The summed E-state index contributed by atoms with van der Waals surface area (Å²) in [6.45, 7) is 0. The Balaban J connectivity index is 2.19. The highest BCUT2D eigenvalue weighted by Crippen LogP contribution is 2.27. The molecule has 21 heavy (non-hydrogen) atoms. The molecule has 110 valence electrons. The van der Waals surface area contributed by atoms with Gasteiger partial charge < -0.3 is 16.2 Å². The van der Waals surface area contributed by atoms with Crippen LogP contribution < -0.4 is 16.2 Å². The summed E-state index contributed by atoms with van der Waals surface area (Å²) in [4.78, 5) is 1.66. The second kappa shape index (κ2) is 6.64. The number of anilines is 2. The molecule has 0 heterocycles. The summed E-state index contributed by atoms with van der Waals surface area (Å²) in [5, 5.41) is 7.48. The largest absolute Gasteiger partial charge is 0.398 e. The lowest BCUT2D eigenvalue weighted by Crippen LogP contribution is -2.13. The number of nitrogens with two attached hydrogens (primary N) is 2. The Morgan fingerprint density at radius 1 is 1.29 bits per heavy atom. The van der Waals surface area contributed by atoms with Crippen molar-refractivity contribution in [1.82, 2.24) is 0 Å². The molecule has 6 N–H and O–H groups in total. The van der Waals surface area contributed by atoms with Crippen molar-refractivity contribution in [2.24, 2.45) is 5.73 Å². The molecular weight excluding hydrogens is 304 g/mol. The highest BCUT2D eigenvalue weighted by Gasteiger charge is 2.08. The Hall–Kier alpha value is -1.99. The van der Waals surface area contributed by atoms with Crippen LogP contribution in [0.15, 0.2) is 52.3 Å². The van der Waals surface area contributed by atoms with Gasteiger partial charge in [-0.25, -0.2) is 0 Å². The predicted octanol–water partition coefficient (Wildman–Crippen LogP) is 2.41. The highest BCUT2D eigenvalue weighted by atomic mass is 32.2. The third-order valence-corrected chi connectivity index (χ3v) is 4.80. The molecule has 2 aromatic carbocycles. The summed E-state index contributed by atoms with van der Waals surface area (Å²) in [6, 6.07) is 12.7. The molecule has 2 aromatic rings. The zero-order valence-corrected chi connectivity index (χ0v) is 13.1. The zero-order chi connectivity index (χ0) is 15.4. The average Bonchev–Trinajstić information content (AvgIpc) is 2.46. The number of hydrogen-bond donors (Lipinski definition) is 4. The lowest BCUT2D eigenvalue weighted by Gasteiger charge is -2.11. The van der Waals surface area contributed by atoms with Crippen molar-refractivity contribution in [3.05, 3.63) is 48.0 Å². The number of benzene rings is 2. The van der Waals surface area contributed by atoms with E-state index in [1.54, 1.807) is 24.5 Å². The van der Waals surface area contributed by atoms with Gasteiger partial charge in [0.2, 0.25) is 0 Å². The van der Waals surface area contributed by atoms with Gasteiger partial charge in [-0.1, -0.05) is 12.1 Å². The van der Waals surface area contributed by atoms with Crippen molar-refractivity contribution >= 4 is 40.0 Å². The quantitative estimate of drug-likeness (QED) is 0.293. The third kappa shape index (κ3) is 3.77. The lowest BCUT2D eigenvalue weighted by atomic mass is 10.1. The maximum Gasteiger partial charge on any atom is 0.124 e. The summed E-state index contributed by atoms with van der Waals surface area (Å²) in [6.07, 6.45) is 1.65. The molecule has 0 bridgehead atoms. The molecule has 0 aromatic heterocycles. The second-order valence-electron chi connectivity index (χ2n) is 4.32. The van der Waals surface area contributed by atoms with Crippen LogP contribution in [-0.2, 0) is 10.8 Å². The number of nitrogens with one attached hydrogen (secondary N) is 2. The first-order chi connectivity index (χ1) is 9.99. The first-order valence-corrected chi connectivity index (χ1v) is 8.45. The first kappa shape index (κ1) is 15.4. The van der Waals surface area contributed by atoms with E-state index in [1.165, 1.54) is 11.9 Å². The van der Waals surface area contributed by atoms with E-state index in [2.05, 4.69) is 4.72 Å². The normalized spacial score (nSPS) is 11.9. The van der Waals surface area contributed by atoms with Crippen LogP contribution in [-0.4, -0.2) is 16.3 Å². The average molecular weight is 320 g/mol. The van der Waals surface area contributed by atoms with Crippen molar-refractivity contribution < 1.29 is 4.21 Å². The van der Waals surface area contributed by atoms with Crippen molar-refractivity contribution in [2.75, 3.05) is 16.7 Å². The van der Waals surface area contributed by atoms with Crippen LogP contribution in [0.5, 0.6) is 0 Å². The Labute approximate surface area is 130 Å². The van der Waals surface area contributed by atoms with Crippen molar-refractivity contribution in [3.63, 3.8) is 0 Å². The fourth-order valence-electron chi connectivity index (χ4n) is 1.74. The van der Waals surface area contributed by atoms with Gasteiger partial charge >= 0.3 is 0 Å². The van der Waals surface area contributed by atoms with Crippen LogP contribution in [0.2, 0.25) is 0 Å². The summed E-state index contributed by atoms with van der Waals surface area (Å²) in [7, 11) is -1.05. The summed E-state index contributed by atoms with van der Waals surface area (Å²) < 4.78 is 14.8. The van der Waals surface area contributed by atoms with Gasteiger partial charge in [-0.05, 0) is 42.3 Å². The maximum absolute atomic E-state index is 11.7. The van der Waals surface area contributed by atoms with E-state index in [1.807, 2.05) is 24.3 Å². The van der Waals surface area contributed by atoms with Crippen LogP contribution >= 0.6 is 11.9 Å². The van der Waals surface area contributed by atoms with E-state index in [4.69, 9.17) is 16.9 Å². The molecule has 0 aliphatic heterocycles. The van der Waals surface area contributed by atoms with Gasteiger partial charge in [-0.3, -0.25) is 9.62 Å². The fraction of sp³-hybridized carbons (Fsp3) is 0.0714. The molecule has 0 radical (unpaired) electrons. The van der Waals surface area contributed by atoms with E-state index in [-0.39, 0.29) is 5.84 Å². The van der Waals surface area contributed by atoms with Crippen molar-refractivity contribution in [1.29, 1.82) is 5.41 Å². The van der Waals surface area contributed by atoms with Crippen molar-refractivity contribution in [3.8, 4) is 0 Å². The monoisotopic (exact) mass is 320 g/mol. The molecule has 0 aliphatic rings. The minimum Gasteiger partial charge on any atom is -0.398 e. The van der Waals surface area contributed by atoms with Crippen molar-refractivity contribution in [2.45, 2.75) is 9.79 Å². The van der Waals surface area contributed by atoms with Crippen LogP contribution in [0.3, 0.4) is 0 Å². The Morgan fingerprint density at radius 2 is 2.00 bits per heavy atom. The molecule has 0 fully saturated rings. The molecule has 0 amide bonds. The second-order valence-corrected chi connectivity index (χ2v) is 6.52. The van der Waals surface area contributed by atoms with Gasteiger partial charge in [-0.15, -0.1) is 0 Å². The summed E-state index contributed by atoms with van der Waals surface area (Å²) >= 11 is 1.36. The van der Waals surface area contributed by atoms with Crippen LogP contribution in [0, 0.1) is 5.41 Å². The van der Waals surface area contributed by atoms with E-state index in [0.29, 0.717) is 11.3 Å². The number of amidine groups is 1. The number of nitrogen functional groups attached to an aromatic ring is 2. The number of hydrogen-bond acceptors (Lipinski definition) is 5. The SMILES string of the molecule is CS(=O)c1ccccc1SNc1ccc(N)c(C(=N)N)c1. The van der Waals surface area contributed by atoms with Gasteiger partial charge in [0.05, 0.1) is 15.7 Å². The Kier molecular flexibility index (Phi) is 4.87. The van der Waals surface area contributed by atoms with Crippen LogP contribution in [0.4, 0.5) is 11.4 Å². The van der Waals surface area contributed by atoms with E-state index >= 15 is 0 Å². The number of rotatable bonds is 5. The molecule has 0 spiro atoms. The molecule has 2 rings (SSSR count). The fourth-order valence-corrected chi connectivity index (χ4v) is 3.51. The minimum atomic E-state index is -1.05. The first-order valence-electron chi connectivity index (χ1n) is 6.08. The third-order valence-electron chi connectivity index (χ3n) is 2.78. The Morgan fingerprint density at radius 3 is 2.67 bits per heavy atom. The molecule has 0 aliphatic carbocycles. The van der Waals surface area contributed by atoms with E-state index in [9.17, 15) is 4.21 Å². The zero-order valence-electron chi connectivity index (χ0n) is 11.4. The van der Waals surface area contributed by atoms with Gasteiger partial charge in [0.1, 0.15) is 5.84 Å². The van der Waals surface area contributed by atoms with Gasteiger partial charge in [0, 0.05) is 28.1 Å². The predicted molar refractivity (Wildman–Crippen MR) is 90.1 cm³/mol. The minimum absolute atomic E-state index is 0.0730. The molecule has 0 saturated heterocycles. The molecule has 7 heteroatoms. The van der Waals surface area contributed by atoms with E-state index < -0.39 is 10.8 Å². The molecule has 1 atom stereocenters. The topological polar surface area (TPSA) is 105 Å². The highest BCUT2D eigenvalue weighted by molar-refractivity contribution is 8.01.